The van der Waals surface area contributed by atoms with Gasteiger partial charge < -0.3 is 18.9 Å². The van der Waals surface area contributed by atoms with Gasteiger partial charge in [0.25, 0.3) is 0 Å². The van der Waals surface area contributed by atoms with Crippen molar-refractivity contribution in [2.24, 2.45) is 10.8 Å². The maximum Gasteiger partial charge on any atom is 0.326 e. The Morgan fingerprint density at radius 1 is 0.220 bits per heavy atom. The molecule has 2 saturated carbocycles. The van der Waals surface area contributed by atoms with Crippen molar-refractivity contribution in [1.82, 2.24) is 0 Å². The molecule has 8 heteroatoms. The smallest absolute Gasteiger partial charge is 0.326 e. The van der Waals surface area contributed by atoms with Gasteiger partial charge in [-0.3, -0.25) is 19.2 Å². The van der Waals surface area contributed by atoms with Crippen molar-refractivity contribution in [2.75, 3.05) is 26.4 Å². The van der Waals surface area contributed by atoms with Crippen LogP contribution in [0, 0.1) is 10.8 Å². The molecule has 0 aliphatic heterocycles. The topological polar surface area (TPSA) is 105 Å². The number of ether oxygens (including phenoxy) is 4. The van der Waals surface area contributed by atoms with Crippen LogP contribution in [0.5, 0.6) is 0 Å². The highest BCUT2D eigenvalue weighted by molar-refractivity contribution is 6.80. The van der Waals surface area contributed by atoms with E-state index in [4.69, 9.17) is 18.9 Å². The molecule has 0 amide bonds. The van der Waals surface area contributed by atoms with Gasteiger partial charge in [-0.25, -0.2) is 0 Å². The van der Waals surface area contributed by atoms with Gasteiger partial charge >= 0.3 is 23.9 Å². The van der Waals surface area contributed by atoms with E-state index >= 15 is 19.2 Å². The van der Waals surface area contributed by atoms with Crippen molar-refractivity contribution in [3.8, 4) is 0 Å². The van der Waals surface area contributed by atoms with Crippen LogP contribution in [0.15, 0.2) is 0 Å². The molecule has 364 valence electrons. The van der Waals surface area contributed by atoms with E-state index in [9.17, 15) is 0 Å². The van der Waals surface area contributed by atoms with Gasteiger partial charge in [0, 0.05) is 0 Å². The van der Waals surface area contributed by atoms with Crippen LogP contribution in [0.2, 0.25) is 0 Å². The molecule has 9 aliphatic carbocycles. The minimum Gasteiger partial charge on any atom is -0.465 e. The van der Waals surface area contributed by atoms with E-state index in [-0.39, 0.29) is 26.4 Å². The SMILES string of the molecule is CCOC(=O)C1(C(=O)OCC)C23C4=c5c6c7c8c9c(c%10c%11c2c2c%12c%13c%14c%15c%16c(c5c5c6c6c8c8c%17c9c9c%10c%10c%11c%12c%11c%13c%12c%15c%13c%15c%16c5c5c6c8c6c(c%155)c5c%13c%12c8c%11c%10c%10c9c%17c6c5c%108)C%145C(C(=O)OCC)(C(=O)OCC)C425)C713. The summed E-state index contributed by atoms with van der Waals surface area (Å²) in [4.78, 5) is 68.8. The molecule has 4 spiro atoms. The number of carbonyl (C=O) groups is 4. The third-order valence-corrected chi connectivity index (χ3v) is 28.6. The first-order valence-corrected chi connectivity index (χ1v) is 30.1. The van der Waals surface area contributed by atoms with Crippen molar-refractivity contribution in [3.63, 3.8) is 0 Å². The predicted molar refractivity (Wildman–Crippen MR) is 319 cm³/mol. The van der Waals surface area contributed by atoms with E-state index in [0.29, 0.717) is 0 Å². The number of benzene rings is 16. The number of esters is 4. The number of carbonyl (C=O) groups excluding carboxylic acids is 4. The minimum absolute atomic E-state index is 0.0573. The van der Waals surface area contributed by atoms with Crippen LogP contribution in [0.25, 0.3) is 264 Å². The second-order valence-corrected chi connectivity index (χ2v) is 28.4. The lowest BCUT2D eigenvalue weighted by molar-refractivity contribution is -0.167. The molecule has 25 aromatic rings. The van der Waals surface area contributed by atoms with Crippen molar-refractivity contribution >= 4 is 288 Å². The lowest BCUT2D eigenvalue weighted by atomic mass is 9.65. The fourth-order valence-electron chi connectivity index (χ4n) is 29.0. The zero-order valence-corrected chi connectivity index (χ0v) is 43.1. The fourth-order valence-corrected chi connectivity index (χ4v) is 29.0. The summed E-state index contributed by atoms with van der Waals surface area (Å²) in [6.07, 6.45) is 0. The van der Waals surface area contributed by atoms with Crippen molar-refractivity contribution in [2.45, 2.75) is 49.4 Å². The van der Waals surface area contributed by atoms with Crippen LogP contribution in [-0.4, -0.2) is 50.3 Å². The molecule has 0 saturated heterocycles. The summed E-state index contributed by atoms with van der Waals surface area (Å²) in [5, 5.41) is 64.8. The van der Waals surface area contributed by atoms with Gasteiger partial charge in [0.1, 0.15) is 0 Å². The summed E-state index contributed by atoms with van der Waals surface area (Å²) in [6, 6.07) is 0. The van der Waals surface area contributed by atoms with Crippen molar-refractivity contribution in [3.05, 3.63) is 38.6 Å². The zero-order valence-electron chi connectivity index (χ0n) is 43.1. The summed E-state index contributed by atoms with van der Waals surface area (Å²) in [7, 11) is 0. The van der Waals surface area contributed by atoms with Crippen LogP contribution >= 0.6 is 0 Å². The first kappa shape index (κ1) is 34.0. The highest BCUT2D eigenvalue weighted by Crippen LogP contribution is 3.05. The molecule has 4 atom stereocenters. The third-order valence-electron chi connectivity index (χ3n) is 28.6. The molecule has 0 bridgehead atoms. The molecule has 9 aliphatic rings. The Morgan fingerprint density at radius 2 is 0.378 bits per heavy atom. The molecule has 0 radical (unpaired) electrons. The lowest BCUT2D eigenvalue weighted by Gasteiger charge is -2.35. The summed E-state index contributed by atoms with van der Waals surface area (Å²) in [6.45, 7) is 7.68. The van der Waals surface area contributed by atoms with E-state index in [2.05, 4.69) is 0 Å². The monoisotopic (exact) mass is 1040 g/mol. The molecule has 0 heterocycles. The molecule has 82 heavy (non-hydrogen) atoms. The Hall–Kier alpha value is -9.40. The Balaban J connectivity index is 1.10. The molecule has 0 N–H and O–H groups in total. The highest BCUT2D eigenvalue weighted by atomic mass is 16.6. The van der Waals surface area contributed by atoms with Gasteiger partial charge in [0.05, 0.1) is 48.1 Å². The summed E-state index contributed by atoms with van der Waals surface area (Å²) in [5.41, 5.74) is -2.41. The average molecular weight is 1040 g/mol. The number of rotatable bonds is 8. The second kappa shape index (κ2) is 7.75. The van der Waals surface area contributed by atoms with Crippen molar-refractivity contribution < 1.29 is 38.1 Å². The van der Waals surface area contributed by atoms with Gasteiger partial charge in [-0.05, 0) is 330 Å². The van der Waals surface area contributed by atoms with Gasteiger partial charge in [0.2, 0.25) is 0 Å². The largest absolute Gasteiger partial charge is 0.465 e. The van der Waals surface area contributed by atoms with Gasteiger partial charge in [-0.1, -0.05) is 0 Å². The summed E-state index contributed by atoms with van der Waals surface area (Å²) in [5.74, 6) is -2.27. The Bertz CT molecular complexity index is 7440. The maximum absolute atomic E-state index is 17.2. The predicted octanol–water partition coefficient (Wildman–Crippen LogP) is 14.3. The van der Waals surface area contributed by atoms with E-state index in [1.54, 1.807) is 0 Å². The van der Waals surface area contributed by atoms with E-state index in [0.717, 1.165) is 65.7 Å². The molecular weight excluding hydrogens is 1020 g/mol. The summed E-state index contributed by atoms with van der Waals surface area (Å²) < 4.78 is 26.9. The maximum atomic E-state index is 17.2. The Morgan fingerprint density at radius 3 is 0.573 bits per heavy atom. The molecular formula is C74H20O8. The fraction of sp³-hybridized carbons (Fsp3) is 0.189. The van der Waals surface area contributed by atoms with Crippen LogP contribution in [-0.2, 0) is 59.8 Å². The van der Waals surface area contributed by atoms with Crippen LogP contribution in [0.3, 0.4) is 0 Å². The molecule has 2 fully saturated rings. The Labute approximate surface area is 449 Å². The van der Waals surface area contributed by atoms with Gasteiger partial charge in [-0.2, -0.15) is 0 Å². The third kappa shape index (κ3) is 1.73. The zero-order chi connectivity index (χ0) is 51.3. The lowest BCUT2D eigenvalue weighted by Crippen LogP contribution is -2.41. The Kier molecular flexibility index (Phi) is 3.21. The van der Waals surface area contributed by atoms with Crippen LogP contribution in [0.4, 0.5) is 0 Å². The van der Waals surface area contributed by atoms with Crippen molar-refractivity contribution in [1.29, 1.82) is 0 Å². The molecule has 0 aromatic heterocycles. The quantitative estimate of drug-likeness (QED) is 0.0641. The number of hydrogen-bond acceptors (Lipinski definition) is 8. The first-order valence-electron chi connectivity index (χ1n) is 30.1. The van der Waals surface area contributed by atoms with E-state index in [1.807, 2.05) is 27.7 Å². The number of hydrogen-bond donors (Lipinski definition) is 0. The standard InChI is InChI=1S/C74H20O8/c1-5-79-65(75)73(66(76)80-6-2)69-58-47-37-27-17-11-9-10-15-21(17)31(37)41-33-23(15)24-16(10)22-18-12(9)14-13(11)19-25-26-20(14)30-28(18)38-32(22)42-34(24)44-43(33)53(51(41)58)62-63-54(44)52(42)59-48(38)50-40(30)36(26)46-45-35(25)39(29(19)27)49(47)60(69)55(45)57-56(46)61(50)70(59)72(63,64(57)71(62,69)73)74(70,67(77)81-7-3)68(78)82-8-4/h5-8H2,1-4H3. The average Bonchev–Trinajstić information content (AvgIpc) is 1.33. The van der Waals surface area contributed by atoms with Gasteiger partial charge in [-0.15, -0.1) is 0 Å². The molecule has 8 nitrogen and oxygen atoms in total. The normalized spacial score (nSPS) is 26.3. The summed E-state index contributed by atoms with van der Waals surface area (Å²) >= 11 is 0. The second-order valence-electron chi connectivity index (χ2n) is 28.4. The molecule has 34 rings (SSSR count). The molecule has 4 unspecified atom stereocenters. The van der Waals surface area contributed by atoms with E-state index < -0.39 is 56.4 Å². The van der Waals surface area contributed by atoms with Gasteiger partial charge in [0.15, 0.2) is 10.8 Å². The van der Waals surface area contributed by atoms with Crippen LogP contribution < -0.4 is 5.22 Å². The molecule has 25 aromatic carbocycles. The first-order chi connectivity index (χ1) is 40.4. The minimum atomic E-state index is -1.99. The highest BCUT2D eigenvalue weighted by Gasteiger charge is 3.11. The van der Waals surface area contributed by atoms with Crippen LogP contribution in [0.1, 0.15) is 61.1 Å². The van der Waals surface area contributed by atoms with E-state index in [1.165, 1.54) is 237 Å².